The lowest BCUT2D eigenvalue weighted by atomic mass is 9.95. The smallest absolute Gasteiger partial charge is 0.414 e. The first kappa shape index (κ1) is 22.4. The quantitative estimate of drug-likeness (QED) is 0.609. The van der Waals surface area contributed by atoms with E-state index in [1.807, 2.05) is 31.2 Å². The van der Waals surface area contributed by atoms with Crippen LogP contribution in [0.1, 0.15) is 59.5 Å². The van der Waals surface area contributed by atoms with E-state index in [-0.39, 0.29) is 18.2 Å². The van der Waals surface area contributed by atoms with Crippen molar-refractivity contribution in [3.8, 4) is 0 Å². The van der Waals surface area contributed by atoms with Gasteiger partial charge in [-0.05, 0) is 56.4 Å². The lowest BCUT2D eigenvalue weighted by Gasteiger charge is -2.34. The molecule has 8 nitrogen and oxygen atoms in total. The number of imidazole rings is 1. The van der Waals surface area contributed by atoms with E-state index in [1.165, 1.54) is 7.11 Å². The Labute approximate surface area is 198 Å². The molecule has 0 spiro atoms. The van der Waals surface area contributed by atoms with Gasteiger partial charge in [0.05, 0.1) is 29.4 Å². The van der Waals surface area contributed by atoms with Crippen LogP contribution in [-0.4, -0.2) is 53.1 Å². The molecular weight excluding hydrogens is 434 g/mol. The normalized spacial score (nSPS) is 18.6. The average molecular weight is 464 g/mol. The minimum absolute atomic E-state index is 0.0388. The highest BCUT2D eigenvalue weighted by molar-refractivity contribution is 5.95. The molecule has 3 heterocycles. The molecule has 8 heteroatoms. The standard InChI is InChI=1S/C26H29N3O5/c1-16-7-8-20-21(28(16)26(32)33-2)9-10-22-24(20)27-23(29(22)18-11-13-34-14-12-18)15-17-5-3-4-6-19(17)25(30)31/h3-6,9-10,16,18H,7-8,11-15H2,1-2H3,(H,30,31). The number of nitrogens with zero attached hydrogens (tertiary/aromatic N) is 3. The van der Waals surface area contributed by atoms with E-state index in [0.29, 0.717) is 25.2 Å². The summed E-state index contributed by atoms with van der Waals surface area (Å²) in [6.45, 7) is 3.40. The Morgan fingerprint density at radius 2 is 1.91 bits per heavy atom. The maximum Gasteiger partial charge on any atom is 0.414 e. The first-order valence-electron chi connectivity index (χ1n) is 11.8. The number of carbonyl (C=O) groups excluding carboxylic acids is 1. The molecule has 0 bridgehead atoms. The number of aromatic carboxylic acids is 1. The fourth-order valence-electron chi connectivity index (χ4n) is 5.35. The van der Waals surface area contributed by atoms with E-state index < -0.39 is 5.97 Å². The second-order valence-corrected chi connectivity index (χ2v) is 9.04. The van der Waals surface area contributed by atoms with Gasteiger partial charge in [0, 0.05) is 37.3 Å². The minimum atomic E-state index is -0.940. The Bertz CT molecular complexity index is 1240. The number of carboxylic acids is 1. The van der Waals surface area contributed by atoms with E-state index in [4.69, 9.17) is 14.5 Å². The molecule has 2 aliphatic heterocycles. The molecule has 1 aromatic heterocycles. The van der Waals surface area contributed by atoms with Gasteiger partial charge in [-0.25, -0.2) is 14.6 Å². The summed E-state index contributed by atoms with van der Waals surface area (Å²) in [6.07, 6.45) is 3.44. The Balaban J connectivity index is 1.67. The fourth-order valence-corrected chi connectivity index (χ4v) is 5.35. The van der Waals surface area contributed by atoms with Crippen LogP contribution in [0.5, 0.6) is 0 Å². The Morgan fingerprint density at radius 3 is 2.65 bits per heavy atom. The molecule has 5 rings (SSSR count). The van der Waals surface area contributed by atoms with Gasteiger partial charge in [-0.15, -0.1) is 0 Å². The summed E-state index contributed by atoms with van der Waals surface area (Å²) in [5.41, 5.74) is 4.81. The molecule has 3 aromatic rings. The number of rotatable bonds is 4. The Kier molecular flexibility index (Phi) is 6.00. The summed E-state index contributed by atoms with van der Waals surface area (Å²) >= 11 is 0. The van der Waals surface area contributed by atoms with Crippen LogP contribution in [0.25, 0.3) is 11.0 Å². The Morgan fingerprint density at radius 1 is 1.15 bits per heavy atom. The predicted octanol–water partition coefficient (Wildman–Crippen LogP) is 4.58. The van der Waals surface area contributed by atoms with Crippen LogP contribution >= 0.6 is 0 Å². The van der Waals surface area contributed by atoms with E-state index in [2.05, 4.69) is 4.57 Å². The molecule has 1 amide bonds. The second-order valence-electron chi connectivity index (χ2n) is 9.04. The highest BCUT2D eigenvalue weighted by atomic mass is 16.5. The number of benzene rings is 2. The fraction of sp³-hybridized carbons (Fsp3) is 0.423. The zero-order chi connectivity index (χ0) is 23.8. The lowest BCUT2D eigenvalue weighted by molar-refractivity contribution is 0.0695. The molecule has 1 unspecified atom stereocenters. The molecule has 1 N–H and O–H groups in total. The first-order valence-corrected chi connectivity index (χ1v) is 11.8. The first-order chi connectivity index (χ1) is 16.5. The number of fused-ring (bicyclic) bond motifs is 3. The molecule has 34 heavy (non-hydrogen) atoms. The third-order valence-electron chi connectivity index (χ3n) is 7.05. The number of carboxylic acid groups (broad SMARTS) is 1. The van der Waals surface area contributed by atoms with Crippen LogP contribution in [-0.2, 0) is 22.3 Å². The summed E-state index contributed by atoms with van der Waals surface area (Å²) < 4.78 is 12.9. The molecule has 178 valence electrons. The maximum atomic E-state index is 12.5. The molecular formula is C26H29N3O5. The van der Waals surface area contributed by atoms with E-state index in [0.717, 1.165) is 59.4 Å². The van der Waals surface area contributed by atoms with Crippen molar-refractivity contribution in [2.24, 2.45) is 0 Å². The van der Waals surface area contributed by atoms with Gasteiger partial charge < -0.3 is 19.1 Å². The minimum Gasteiger partial charge on any atom is -0.478 e. The maximum absolute atomic E-state index is 12.5. The lowest BCUT2D eigenvalue weighted by Crippen LogP contribution is -2.42. The third kappa shape index (κ3) is 3.81. The number of methoxy groups -OCH3 is 1. The van der Waals surface area contributed by atoms with Crippen LogP contribution in [0, 0.1) is 0 Å². The van der Waals surface area contributed by atoms with Crippen LogP contribution in [0.15, 0.2) is 36.4 Å². The van der Waals surface area contributed by atoms with Gasteiger partial charge in [0.25, 0.3) is 0 Å². The number of carbonyl (C=O) groups is 2. The van der Waals surface area contributed by atoms with E-state index >= 15 is 0 Å². The molecule has 0 saturated carbocycles. The van der Waals surface area contributed by atoms with Crippen LogP contribution in [0.4, 0.5) is 10.5 Å². The molecule has 2 aromatic carbocycles. The van der Waals surface area contributed by atoms with Crippen LogP contribution in [0.2, 0.25) is 0 Å². The number of hydrogen-bond donors (Lipinski definition) is 1. The summed E-state index contributed by atoms with van der Waals surface area (Å²) in [6, 6.07) is 11.4. The molecule has 0 aliphatic carbocycles. The number of anilines is 1. The van der Waals surface area contributed by atoms with Crippen molar-refractivity contribution >= 4 is 28.8 Å². The topological polar surface area (TPSA) is 93.9 Å². The van der Waals surface area contributed by atoms with Gasteiger partial charge in [-0.1, -0.05) is 18.2 Å². The van der Waals surface area contributed by atoms with Crippen molar-refractivity contribution in [2.75, 3.05) is 25.2 Å². The van der Waals surface area contributed by atoms with Gasteiger partial charge in [-0.2, -0.15) is 0 Å². The number of aromatic nitrogens is 2. The van der Waals surface area contributed by atoms with Gasteiger partial charge in [0.15, 0.2) is 0 Å². The average Bonchev–Trinajstić information content (AvgIpc) is 3.22. The third-order valence-corrected chi connectivity index (χ3v) is 7.05. The largest absolute Gasteiger partial charge is 0.478 e. The molecule has 2 aliphatic rings. The number of ether oxygens (including phenoxy) is 2. The number of aryl methyl sites for hydroxylation is 1. The van der Waals surface area contributed by atoms with Crippen molar-refractivity contribution in [3.05, 3.63) is 58.9 Å². The number of amides is 1. The van der Waals surface area contributed by atoms with Crippen molar-refractivity contribution in [2.45, 2.75) is 51.1 Å². The van der Waals surface area contributed by atoms with Crippen LogP contribution in [0.3, 0.4) is 0 Å². The molecule has 1 saturated heterocycles. The summed E-state index contributed by atoms with van der Waals surface area (Å²) in [5, 5.41) is 9.70. The Hall–Kier alpha value is -3.39. The second kappa shape index (κ2) is 9.10. The van der Waals surface area contributed by atoms with Gasteiger partial charge in [0.2, 0.25) is 0 Å². The molecule has 1 fully saturated rings. The summed E-state index contributed by atoms with van der Waals surface area (Å²) in [5.74, 6) is -0.100. The number of hydrogen-bond acceptors (Lipinski definition) is 5. The zero-order valence-corrected chi connectivity index (χ0v) is 19.5. The zero-order valence-electron chi connectivity index (χ0n) is 19.5. The summed E-state index contributed by atoms with van der Waals surface area (Å²) in [7, 11) is 1.40. The van der Waals surface area contributed by atoms with Crippen molar-refractivity contribution in [1.29, 1.82) is 0 Å². The monoisotopic (exact) mass is 463 g/mol. The van der Waals surface area contributed by atoms with Crippen LogP contribution < -0.4 is 4.90 Å². The van der Waals surface area contributed by atoms with Gasteiger partial charge >= 0.3 is 12.1 Å². The van der Waals surface area contributed by atoms with Gasteiger partial charge in [-0.3, -0.25) is 4.90 Å². The highest BCUT2D eigenvalue weighted by Gasteiger charge is 2.32. The van der Waals surface area contributed by atoms with Crippen molar-refractivity contribution < 1.29 is 24.2 Å². The molecule has 0 radical (unpaired) electrons. The van der Waals surface area contributed by atoms with Crippen molar-refractivity contribution in [1.82, 2.24) is 9.55 Å². The van der Waals surface area contributed by atoms with E-state index in [1.54, 1.807) is 17.0 Å². The van der Waals surface area contributed by atoms with E-state index in [9.17, 15) is 14.7 Å². The highest BCUT2D eigenvalue weighted by Crippen LogP contribution is 2.38. The van der Waals surface area contributed by atoms with Gasteiger partial charge in [0.1, 0.15) is 5.82 Å². The predicted molar refractivity (Wildman–Crippen MR) is 128 cm³/mol. The summed E-state index contributed by atoms with van der Waals surface area (Å²) in [4.78, 5) is 31.2. The SMILES string of the molecule is COC(=O)N1c2ccc3c(nc(Cc4ccccc4C(=O)O)n3C3CCOCC3)c2CCC1C. The molecule has 1 atom stereocenters. The van der Waals surface area contributed by atoms with Crippen molar-refractivity contribution in [3.63, 3.8) is 0 Å².